The van der Waals surface area contributed by atoms with Crippen molar-refractivity contribution >= 4 is 0 Å². The number of aromatic nitrogens is 2. The Morgan fingerprint density at radius 3 is 3.04 bits per heavy atom. The molecule has 2 aromatic rings. The second-order valence-corrected chi connectivity index (χ2v) is 6.67. The molecule has 2 fully saturated rings. The predicted molar refractivity (Wildman–Crippen MR) is 90.8 cm³/mol. The zero-order chi connectivity index (χ0) is 17.2. The molecule has 0 radical (unpaired) electrons. The number of pyridine rings is 2. The van der Waals surface area contributed by atoms with E-state index in [1.165, 1.54) is 6.07 Å². The fraction of sp³-hybridized carbons (Fsp3) is 0.474. The standard InChI is InChI=1S/C19H22FN3O2/c1-13-4-2-5-14(22-13)12-23-10-11-24-18-16(23)7-8-17(18)25-19-15(20)6-3-9-21-19/h2-6,9,16-18H,7-8,10-12H2,1H3/t16-,17-,18+/m1/s1. The summed E-state index contributed by atoms with van der Waals surface area (Å²) in [4.78, 5) is 11.0. The van der Waals surface area contributed by atoms with Gasteiger partial charge in [0.05, 0.1) is 12.3 Å². The predicted octanol–water partition coefficient (Wildman–Crippen LogP) is 2.73. The molecule has 1 saturated heterocycles. The van der Waals surface area contributed by atoms with Gasteiger partial charge in [-0.05, 0) is 44.0 Å². The Bertz CT molecular complexity index is 742. The number of nitrogens with zero attached hydrogens (tertiary/aromatic N) is 3. The van der Waals surface area contributed by atoms with E-state index < -0.39 is 5.82 Å². The smallest absolute Gasteiger partial charge is 0.250 e. The average Bonchev–Trinajstić information content (AvgIpc) is 3.01. The van der Waals surface area contributed by atoms with Gasteiger partial charge in [-0.1, -0.05) is 6.07 Å². The van der Waals surface area contributed by atoms with Crippen molar-refractivity contribution in [1.82, 2.24) is 14.9 Å². The Morgan fingerprint density at radius 2 is 2.20 bits per heavy atom. The summed E-state index contributed by atoms with van der Waals surface area (Å²) in [5.41, 5.74) is 2.10. The Kier molecular flexibility index (Phi) is 4.63. The van der Waals surface area contributed by atoms with Crippen LogP contribution < -0.4 is 4.74 Å². The van der Waals surface area contributed by atoms with Crippen LogP contribution in [0.5, 0.6) is 5.88 Å². The van der Waals surface area contributed by atoms with Gasteiger partial charge in [-0.2, -0.15) is 0 Å². The summed E-state index contributed by atoms with van der Waals surface area (Å²) in [5.74, 6) is -0.364. The Balaban J connectivity index is 1.46. The normalized spacial score (nSPS) is 26.4. The zero-order valence-electron chi connectivity index (χ0n) is 14.3. The van der Waals surface area contributed by atoms with Crippen LogP contribution in [0.3, 0.4) is 0 Å². The second kappa shape index (κ2) is 7.06. The number of hydrogen-bond acceptors (Lipinski definition) is 5. The third kappa shape index (κ3) is 3.50. The largest absolute Gasteiger partial charge is 0.469 e. The molecule has 0 unspecified atom stereocenters. The van der Waals surface area contributed by atoms with Gasteiger partial charge >= 0.3 is 0 Å². The lowest BCUT2D eigenvalue weighted by atomic mass is 10.1. The average molecular weight is 343 g/mol. The minimum atomic E-state index is -0.428. The summed E-state index contributed by atoms with van der Waals surface area (Å²) in [5, 5.41) is 0. The molecule has 1 saturated carbocycles. The van der Waals surface area contributed by atoms with Crippen molar-refractivity contribution in [2.75, 3.05) is 13.2 Å². The summed E-state index contributed by atoms with van der Waals surface area (Å²) in [7, 11) is 0. The lowest BCUT2D eigenvalue weighted by Gasteiger charge is -2.38. The number of rotatable bonds is 4. The van der Waals surface area contributed by atoms with Gasteiger partial charge in [0.2, 0.25) is 0 Å². The van der Waals surface area contributed by atoms with E-state index in [1.54, 1.807) is 12.3 Å². The SMILES string of the molecule is Cc1cccc(CN2CCO[C@H]3[C@H]2CC[C@H]3Oc2ncccc2F)n1. The van der Waals surface area contributed by atoms with Crippen LogP contribution in [-0.4, -0.2) is 46.3 Å². The molecule has 0 aromatic carbocycles. The topological polar surface area (TPSA) is 47.5 Å². The van der Waals surface area contributed by atoms with Crippen molar-refractivity contribution in [3.05, 3.63) is 53.7 Å². The summed E-state index contributed by atoms with van der Waals surface area (Å²) in [6.45, 7) is 4.34. The fourth-order valence-electron chi connectivity index (χ4n) is 3.81. The van der Waals surface area contributed by atoms with Gasteiger partial charge < -0.3 is 9.47 Å². The third-order valence-corrected chi connectivity index (χ3v) is 4.95. The first-order chi connectivity index (χ1) is 12.2. The highest BCUT2D eigenvalue weighted by Crippen LogP contribution is 2.33. The highest BCUT2D eigenvalue weighted by molar-refractivity contribution is 5.15. The molecule has 6 heteroatoms. The molecule has 1 aliphatic carbocycles. The number of hydrogen-bond donors (Lipinski definition) is 0. The van der Waals surface area contributed by atoms with Crippen LogP contribution in [0.1, 0.15) is 24.2 Å². The molecule has 3 atom stereocenters. The highest BCUT2D eigenvalue weighted by Gasteiger charge is 2.44. The summed E-state index contributed by atoms with van der Waals surface area (Å²) in [6, 6.07) is 9.31. The molecule has 132 valence electrons. The monoisotopic (exact) mass is 343 g/mol. The van der Waals surface area contributed by atoms with Gasteiger partial charge in [0.15, 0.2) is 5.82 Å². The maximum absolute atomic E-state index is 13.8. The Hall–Kier alpha value is -2.05. The van der Waals surface area contributed by atoms with Crippen molar-refractivity contribution in [2.45, 2.75) is 44.6 Å². The van der Waals surface area contributed by atoms with Crippen LogP contribution in [0.25, 0.3) is 0 Å². The van der Waals surface area contributed by atoms with E-state index in [2.05, 4.69) is 20.9 Å². The molecular formula is C19H22FN3O2. The van der Waals surface area contributed by atoms with Gasteiger partial charge in [-0.25, -0.2) is 9.37 Å². The van der Waals surface area contributed by atoms with E-state index in [-0.39, 0.29) is 24.1 Å². The lowest BCUT2D eigenvalue weighted by Crippen LogP contribution is -2.51. The number of morpholine rings is 1. The van der Waals surface area contributed by atoms with E-state index in [0.717, 1.165) is 37.3 Å². The maximum Gasteiger partial charge on any atom is 0.250 e. The molecule has 0 bridgehead atoms. The number of fused-ring (bicyclic) bond motifs is 1. The van der Waals surface area contributed by atoms with Gasteiger partial charge in [0.1, 0.15) is 12.2 Å². The molecule has 2 aliphatic rings. The minimum Gasteiger partial charge on any atom is -0.469 e. The van der Waals surface area contributed by atoms with Crippen LogP contribution in [-0.2, 0) is 11.3 Å². The van der Waals surface area contributed by atoms with E-state index in [4.69, 9.17) is 9.47 Å². The molecule has 0 N–H and O–H groups in total. The van der Waals surface area contributed by atoms with Crippen molar-refractivity contribution in [3.63, 3.8) is 0 Å². The molecule has 1 aliphatic heterocycles. The number of ether oxygens (including phenoxy) is 2. The molecule has 3 heterocycles. The summed E-state index contributed by atoms with van der Waals surface area (Å²) < 4.78 is 25.6. The van der Waals surface area contributed by atoms with Crippen LogP contribution >= 0.6 is 0 Å². The van der Waals surface area contributed by atoms with Crippen LogP contribution in [0.2, 0.25) is 0 Å². The Morgan fingerprint density at radius 1 is 1.28 bits per heavy atom. The van der Waals surface area contributed by atoms with Gasteiger partial charge in [-0.3, -0.25) is 9.88 Å². The molecule has 25 heavy (non-hydrogen) atoms. The molecular weight excluding hydrogens is 321 g/mol. The first kappa shape index (κ1) is 16.4. The summed E-state index contributed by atoms with van der Waals surface area (Å²) >= 11 is 0. The quantitative estimate of drug-likeness (QED) is 0.854. The number of aryl methyl sites for hydroxylation is 1. The first-order valence-corrected chi connectivity index (χ1v) is 8.76. The minimum absolute atomic E-state index is 0.0556. The van der Waals surface area contributed by atoms with Crippen molar-refractivity contribution in [3.8, 4) is 5.88 Å². The molecule has 0 amide bonds. The molecule has 4 rings (SSSR count). The van der Waals surface area contributed by atoms with Crippen molar-refractivity contribution in [2.24, 2.45) is 0 Å². The summed E-state index contributed by atoms with van der Waals surface area (Å²) in [6.07, 6.45) is 3.13. The van der Waals surface area contributed by atoms with Crippen LogP contribution in [0, 0.1) is 12.7 Å². The lowest BCUT2D eigenvalue weighted by molar-refractivity contribution is -0.0930. The second-order valence-electron chi connectivity index (χ2n) is 6.67. The van der Waals surface area contributed by atoms with Gasteiger partial charge in [-0.15, -0.1) is 0 Å². The van der Waals surface area contributed by atoms with Crippen molar-refractivity contribution in [1.29, 1.82) is 0 Å². The molecule has 2 aromatic heterocycles. The van der Waals surface area contributed by atoms with Crippen molar-refractivity contribution < 1.29 is 13.9 Å². The maximum atomic E-state index is 13.8. The zero-order valence-corrected chi connectivity index (χ0v) is 14.3. The number of halogens is 1. The van der Waals surface area contributed by atoms with E-state index >= 15 is 0 Å². The molecule has 5 nitrogen and oxygen atoms in total. The highest BCUT2D eigenvalue weighted by atomic mass is 19.1. The molecule has 0 spiro atoms. The first-order valence-electron chi connectivity index (χ1n) is 8.76. The van der Waals surface area contributed by atoms with Gasteiger partial charge in [0, 0.05) is 31.0 Å². The van der Waals surface area contributed by atoms with E-state index in [0.29, 0.717) is 6.61 Å². The van der Waals surface area contributed by atoms with Gasteiger partial charge in [0.25, 0.3) is 5.88 Å². The van der Waals surface area contributed by atoms with E-state index in [9.17, 15) is 4.39 Å². The fourth-order valence-corrected chi connectivity index (χ4v) is 3.81. The van der Waals surface area contributed by atoms with E-state index in [1.807, 2.05) is 19.1 Å². The van der Waals surface area contributed by atoms with Crippen LogP contribution in [0.15, 0.2) is 36.5 Å². The Labute approximate surface area is 146 Å². The third-order valence-electron chi connectivity index (χ3n) is 4.95. The van der Waals surface area contributed by atoms with Crippen LogP contribution in [0.4, 0.5) is 4.39 Å².